The Morgan fingerprint density at radius 3 is 2.50 bits per heavy atom. The molecule has 0 rings (SSSR count). The van der Waals surface area contributed by atoms with E-state index in [-0.39, 0.29) is 11.4 Å². The third-order valence-corrected chi connectivity index (χ3v) is 1.22. The predicted octanol–water partition coefficient (Wildman–Crippen LogP) is 0.677. The first-order valence-electron chi connectivity index (χ1n) is 4.08. The molecule has 0 aliphatic heterocycles. The van der Waals surface area contributed by atoms with Gasteiger partial charge in [0, 0.05) is 12.1 Å². The summed E-state index contributed by atoms with van der Waals surface area (Å²) in [5.74, 6) is 0.00447. The van der Waals surface area contributed by atoms with Crippen LogP contribution in [0.2, 0.25) is 0 Å². The van der Waals surface area contributed by atoms with Crippen molar-refractivity contribution in [1.82, 2.24) is 10.6 Å². The lowest BCUT2D eigenvalue weighted by Gasteiger charge is -2.19. The molecule has 0 aromatic heterocycles. The van der Waals surface area contributed by atoms with Gasteiger partial charge in [0.25, 0.3) is 0 Å². The van der Waals surface area contributed by atoms with Gasteiger partial charge in [-0.3, -0.25) is 4.79 Å². The molecule has 3 nitrogen and oxygen atoms in total. The van der Waals surface area contributed by atoms with Crippen LogP contribution in [0, 0.1) is 0 Å². The van der Waals surface area contributed by atoms with Gasteiger partial charge in [-0.25, -0.2) is 0 Å². The van der Waals surface area contributed by atoms with E-state index in [0.29, 0.717) is 13.1 Å². The zero-order chi connectivity index (χ0) is 9.61. The summed E-state index contributed by atoms with van der Waals surface area (Å²) in [5, 5.41) is 5.77. The quantitative estimate of drug-likeness (QED) is 0.609. The molecule has 0 spiro atoms. The van der Waals surface area contributed by atoms with Gasteiger partial charge in [0.1, 0.15) is 0 Å². The lowest BCUT2D eigenvalue weighted by atomic mass is 10.1. The molecule has 0 atom stereocenters. The number of hydrogen-bond donors (Lipinski definition) is 2. The molecule has 0 saturated carbocycles. The molecule has 0 saturated heterocycles. The third-order valence-electron chi connectivity index (χ3n) is 1.22. The molecule has 0 aromatic carbocycles. The molecule has 0 heterocycles. The van der Waals surface area contributed by atoms with Crippen LogP contribution in [0.25, 0.3) is 0 Å². The van der Waals surface area contributed by atoms with Crippen LogP contribution >= 0.6 is 0 Å². The highest BCUT2D eigenvalue weighted by atomic mass is 16.1. The topological polar surface area (TPSA) is 41.1 Å². The summed E-state index contributed by atoms with van der Waals surface area (Å²) < 4.78 is 0. The third kappa shape index (κ3) is 7.28. The van der Waals surface area contributed by atoms with Gasteiger partial charge in [-0.2, -0.15) is 0 Å². The molecule has 0 bridgehead atoms. The molecule has 0 aliphatic rings. The number of hydrogen-bond acceptors (Lipinski definition) is 2. The van der Waals surface area contributed by atoms with Gasteiger partial charge < -0.3 is 10.6 Å². The van der Waals surface area contributed by atoms with Crippen LogP contribution in [0.5, 0.6) is 0 Å². The molecule has 12 heavy (non-hydrogen) atoms. The van der Waals surface area contributed by atoms with E-state index >= 15 is 0 Å². The van der Waals surface area contributed by atoms with E-state index in [1.807, 2.05) is 20.8 Å². The zero-order valence-electron chi connectivity index (χ0n) is 8.11. The second-order valence-electron chi connectivity index (χ2n) is 3.70. The molecule has 0 fully saturated rings. The zero-order valence-corrected chi connectivity index (χ0v) is 8.11. The van der Waals surface area contributed by atoms with Crippen LogP contribution in [0.15, 0.2) is 12.7 Å². The Labute approximate surface area is 74.2 Å². The lowest BCUT2D eigenvalue weighted by Crippen LogP contribution is -2.43. The summed E-state index contributed by atoms with van der Waals surface area (Å²) in [6.07, 6.45) is 1.66. The van der Waals surface area contributed by atoms with E-state index < -0.39 is 0 Å². The summed E-state index contributed by atoms with van der Waals surface area (Å²) in [6.45, 7) is 10.5. The maximum atomic E-state index is 11.0. The minimum absolute atomic E-state index is 0.00447. The number of amides is 1. The second-order valence-corrected chi connectivity index (χ2v) is 3.70. The minimum Gasteiger partial charge on any atom is -0.352 e. The smallest absolute Gasteiger partial charge is 0.234 e. The molecular weight excluding hydrogens is 152 g/mol. The maximum absolute atomic E-state index is 11.0. The average molecular weight is 170 g/mol. The Kier molecular flexibility index (Phi) is 4.59. The number of carbonyl (C=O) groups excluding carboxylic acids is 1. The molecule has 0 radical (unpaired) electrons. The molecule has 0 aliphatic carbocycles. The highest BCUT2D eigenvalue weighted by molar-refractivity contribution is 5.78. The van der Waals surface area contributed by atoms with Gasteiger partial charge in [-0.05, 0) is 20.8 Å². The van der Waals surface area contributed by atoms with Gasteiger partial charge >= 0.3 is 0 Å². The molecule has 3 heteroatoms. The average Bonchev–Trinajstić information content (AvgIpc) is 1.95. The highest BCUT2D eigenvalue weighted by Gasteiger charge is 2.10. The van der Waals surface area contributed by atoms with Crippen molar-refractivity contribution in [2.45, 2.75) is 26.3 Å². The Morgan fingerprint density at radius 1 is 1.50 bits per heavy atom. The Balaban J connectivity index is 3.51. The van der Waals surface area contributed by atoms with Crippen LogP contribution in [0.1, 0.15) is 20.8 Å². The van der Waals surface area contributed by atoms with Gasteiger partial charge in [0.15, 0.2) is 0 Å². The minimum atomic E-state index is -0.00841. The Bertz CT molecular complexity index is 158. The van der Waals surface area contributed by atoms with Crippen molar-refractivity contribution in [2.24, 2.45) is 0 Å². The van der Waals surface area contributed by atoms with Crippen molar-refractivity contribution in [3.63, 3.8) is 0 Å². The second kappa shape index (κ2) is 4.93. The van der Waals surface area contributed by atoms with Crippen molar-refractivity contribution in [1.29, 1.82) is 0 Å². The van der Waals surface area contributed by atoms with Crippen molar-refractivity contribution >= 4 is 5.91 Å². The van der Waals surface area contributed by atoms with Crippen molar-refractivity contribution < 1.29 is 4.79 Å². The fourth-order valence-electron chi connectivity index (χ4n) is 0.594. The van der Waals surface area contributed by atoms with Gasteiger partial charge in [0.2, 0.25) is 5.91 Å². The molecule has 0 aromatic rings. The van der Waals surface area contributed by atoms with E-state index in [9.17, 15) is 4.79 Å². The van der Waals surface area contributed by atoms with E-state index in [2.05, 4.69) is 17.2 Å². The fraction of sp³-hybridized carbons (Fsp3) is 0.667. The number of carbonyl (C=O) groups is 1. The van der Waals surface area contributed by atoms with Gasteiger partial charge in [0.05, 0.1) is 6.54 Å². The summed E-state index contributed by atoms with van der Waals surface area (Å²) >= 11 is 0. The van der Waals surface area contributed by atoms with E-state index in [1.165, 1.54) is 0 Å². The van der Waals surface area contributed by atoms with Gasteiger partial charge in [-0.15, -0.1) is 6.58 Å². The molecule has 1 amide bonds. The Hall–Kier alpha value is -0.830. The monoisotopic (exact) mass is 170 g/mol. The van der Waals surface area contributed by atoms with Crippen LogP contribution in [-0.4, -0.2) is 24.5 Å². The van der Waals surface area contributed by atoms with Crippen LogP contribution in [0.4, 0.5) is 0 Å². The van der Waals surface area contributed by atoms with Crippen molar-refractivity contribution in [3.8, 4) is 0 Å². The van der Waals surface area contributed by atoms with E-state index in [4.69, 9.17) is 0 Å². The summed E-state index contributed by atoms with van der Waals surface area (Å²) in [7, 11) is 0. The summed E-state index contributed by atoms with van der Waals surface area (Å²) in [4.78, 5) is 11.0. The van der Waals surface area contributed by atoms with Crippen molar-refractivity contribution in [2.75, 3.05) is 13.1 Å². The van der Waals surface area contributed by atoms with Crippen LogP contribution < -0.4 is 10.6 Å². The van der Waals surface area contributed by atoms with Crippen LogP contribution in [0.3, 0.4) is 0 Å². The summed E-state index contributed by atoms with van der Waals surface area (Å²) in [6, 6.07) is 0. The normalized spacial score (nSPS) is 10.9. The highest BCUT2D eigenvalue weighted by Crippen LogP contribution is 1.96. The number of rotatable bonds is 4. The number of nitrogens with one attached hydrogen (secondary N) is 2. The Morgan fingerprint density at radius 2 is 2.08 bits per heavy atom. The lowest BCUT2D eigenvalue weighted by molar-refractivity contribution is -0.120. The fourth-order valence-corrected chi connectivity index (χ4v) is 0.594. The predicted molar refractivity (Wildman–Crippen MR) is 51.0 cm³/mol. The SMILES string of the molecule is C=CCNC(=O)CNC(C)(C)C. The van der Waals surface area contributed by atoms with Crippen LogP contribution in [-0.2, 0) is 4.79 Å². The van der Waals surface area contributed by atoms with E-state index in [1.54, 1.807) is 6.08 Å². The molecular formula is C9H18N2O. The largest absolute Gasteiger partial charge is 0.352 e. The molecule has 2 N–H and O–H groups in total. The molecule has 0 unspecified atom stereocenters. The van der Waals surface area contributed by atoms with E-state index in [0.717, 1.165) is 0 Å². The first-order chi connectivity index (χ1) is 5.45. The maximum Gasteiger partial charge on any atom is 0.234 e. The van der Waals surface area contributed by atoms with Crippen molar-refractivity contribution in [3.05, 3.63) is 12.7 Å². The standard InChI is InChI=1S/C9H18N2O/c1-5-6-10-8(12)7-11-9(2,3)4/h5,11H,1,6-7H2,2-4H3,(H,10,12). The van der Waals surface area contributed by atoms with Gasteiger partial charge in [-0.1, -0.05) is 6.08 Å². The molecule has 70 valence electrons. The first kappa shape index (κ1) is 11.2. The summed E-state index contributed by atoms with van der Waals surface area (Å²) in [5.41, 5.74) is -0.00841. The first-order valence-corrected chi connectivity index (χ1v) is 4.08.